The molecule has 0 saturated heterocycles. The van der Waals surface area contributed by atoms with Crippen molar-refractivity contribution in [3.63, 3.8) is 0 Å². The molecule has 0 aliphatic heterocycles. The average Bonchev–Trinajstić information content (AvgIpc) is 3.51. The van der Waals surface area contributed by atoms with Gasteiger partial charge in [0.15, 0.2) is 0 Å². The second-order valence-electron chi connectivity index (χ2n) is 7.20. The fourth-order valence-corrected chi connectivity index (χ4v) is 3.26. The normalized spacial score (nSPS) is 18.4. The van der Waals surface area contributed by atoms with Crippen LogP contribution < -0.4 is 0 Å². The Morgan fingerprint density at radius 3 is 2.67 bits per heavy atom. The molecule has 126 valence electrons. The minimum atomic E-state index is 0.130. The number of carbonyl (C=O) groups excluding carboxylic acids is 1. The van der Waals surface area contributed by atoms with Crippen molar-refractivity contribution >= 4 is 5.91 Å². The SMILES string of the molecule is C[C@H](C1CC1)N(Cc1ccccc1)C(=O)Cn1cc(C2CC2)nn1. The summed E-state index contributed by atoms with van der Waals surface area (Å²) in [6.07, 6.45) is 6.80. The molecule has 4 rings (SSSR count). The molecule has 1 amide bonds. The number of nitrogens with zero attached hydrogens (tertiary/aromatic N) is 4. The van der Waals surface area contributed by atoms with E-state index in [1.165, 1.54) is 31.2 Å². The molecule has 2 fully saturated rings. The number of carbonyl (C=O) groups is 1. The van der Waals surface area contributed by atoms with Crippen molar-refractivity contribution in [3.05, 3.63) is 47.8 Å². The van der Waals surface area contributed by atoms with Crippen LogP contribution in [0.25, 0.3) is 0 Å². The van der Waals surface area contributed by atoms with Gasteiger partial charge in [0.25, 0.3) is 0 Å². The average molecular weight is 324 g/mol. The van der Waals surface area contributed by atoms with Crippen LogP contribution in [0.2, 0.25) is 0 Å². The summed E-state index contributed by atoms with van der Waals surface area (Å²) in [7, 11) is 0. The maximum absolute atomic E-state index is 12.9. The molecule has 2 aromatic rings. The first-order valence-electron chi connectivity index (χ1n) is 8.94. The predicted octanol–water partition coefficient (Wildman–Crippen LogP) is 2.98. The summed E-state index contributed by atoms with van der Waals surface area (Å²) in [6.45, 7) is 3.13. The molecule has 0 unspecified atom stereocenters. The number of rotatable bonds is 7. The third-order valence-electron chi connectivity index (χ3n) is 5.16. The number of benzene rings is 1. The third kappa shape index (κ3) is 3.50. The quantitative estimate of drug-likeness (QED) is 0.787. The first-order chi connectivity index (χ1) is 11.7. The minimum absolute atomic E-state index is 0.130. The van der Waals surface area contributed by atoms with Crippen LogP contribution in [-0.4, -0.2) is 31.8 Å². The molecule has 24 heavy (non-hydrogen) atoms. The van der Waals surface area contributed by atoms with Crippen molar-refractivity contribution < 1.29 is 4.79 Å². The summed E-state index contributed by atoms with van der Waals surface area (Å²) in [4.78, 5) is 14.9. The summed E-state index contributed by atoms with van der Waals surface area (Å²) < 4.78 is 1.70. The summed E-state index contributed by atoms with van der Waals surface area (Å²) in [5.74, 6) is 1.35. The van der Waals surface area contributed by atoms with E-state index in [-0.39, 0.29) is 18.5 Å². The first kappa shape index (κ1) is 15.4. The van der Waals surface area contributed by atoms with Crippen molar-refractivity contribution in [2.45, 2.75) is 57.7 Å². The lowest BCUT2D eigenvalue weighted by Crippen LogP contribution is -2.41. The van der Waals surface area contributed by atoms with Crippen molar-refractivity contribution in [3.8, 4) is 0 Å². The maximum Gasteiger partial charge on any atom is 0.244 e. The van der Waals surface area contributed by atoms with E-state index < -0.39 is 0 Å². The lowest BCUT2D eigenvalue weighted by Gasteiger charge is -2.29. The van der Waals surface area contributed by atoms with E-state index in [9.17, 15) is 4.79 Å². The molecule has 0 spiro atoms. The highest BCUT2D eigenvalue weighted by molar-refractivity contribution is 5.76. The molecule has 5 nitrogen and oxygen atoms in total. The van der Waals surface area contributed by atoms with Crippen molar-refractivity contribution in [1.82, 2.24) is 19.9 Å². The Bertz CT molecular complexity index is 703. The molecule has 1 aromatic carbocycles. The van der Waals surface area contributed by atoms with Crippen LogP contribution in [0.1, 0.15) is 49.8 Å². The van der Waals surface area contributed by atoms with Gasteiger partial charge in [-0.2, -0.15) is 0 Å². The molecule has 1 aromatic heterocycles. The van der Waals surface area contributed by atoms with Crippen LogP contribution in [0.5, 0.6) is 0 Å². The molecular formula is C19H24N4O. The van der Waals surface area contributed by atoms with E-state index in [4.69, 9.17) is 0 Å². The van der Waals surface area contributed by atoms with Gasteiger partial charge < -0.3 is 4.90 Å². The second kappa shape index (κ2) is 6.38. The molecule has 0 radical (unpaired) electrons. The van der Waals surface area contributed by atoms with Gasteiger partial charge in [0.1, 0.15) is 6.54 Å². The van der Waals surface area contributed by atoms with E-state index in [2.05, 4.69) is 29.4 Å². The third-order valence-corrected chi connectivity index (χ3v) is 5.16. The van der Waals surface area contributed by atoms with Gasteiger partial charge in [0.05, 0.1) is 5.69 Å². The number of aromatic nitrogens is 3. The van der Waals surface area contributed by atoms with Crippen LogP contribution in [0.15, 0.2) is 36.5 Å². The fourth-order valence-electron chi connectivity index (χ4n) is 3.26. The summed E-state index contributed by atoms with van der Waals surface area (Å²) in [5.41, 5.74) is 2.21. The Morgan fingerprint density at radius 1 is 1.25 bits per heavy atom. The highest BCUT2D eigenvalue weighted by Crippen LogP contribution is 2.38. The zero-order valence-electron chi connectivity index (χ0n) is 14.1. The zero-order chi connectivity index (χ0) is 16.5. The van der Waals surface area contributed by atoms with Gasteiger partial charge in [-0.15, -0.1) is 5.10 Å². The molecule has 1 atom stereocenters. The van der Waals surface area contributed by atoms with Crippen molar-refractivity contribution in [2.75, 3.05) is 0 Å². The topological polar surface area (TPSA) is 51.0 Å². The van der Waals surface area contributed by atoms with Gasteiger partial charge in [-0.1, -0.05) is 35.5 Å². The summed E-state index contributed by atoms with van der Waals surface area (Å²) >= 11 is 0. The van der Waals surface area contributed by atoms with Crippen molar-refractivity contribution in [2.24, 2.45) is 5.92 Å². The Labute approximate surface area is 142 Å². The molecule has 2 aliphatic carbocycles. The lowest BCUT2D eigenvalue weighted by molar-refractivity contribution is -0.135. The maximum atomic E-state index is 12.9. The Kier molecular flexibility index (Phi) is 4.08. The van der Waals surface area contributed by atoms with Crippen LogP contribution in [0.4, 0.5) is 0 Å². The van der Waals surface area contributed by atoms with Crippen LogP contribution in [0, 0.1) is 5.92 Å². The van der Waals surface area contributed by atoms with Crippen molar-refractivity contribution in [1.29, 1.82) is 0 Å². The second-order valence-corrected chi connectivity index (χ2v) is 7.20. The Morgan fingerprint density at radius 2 is 2.00 bits per heavy atom. The van der Waals surface area contributed by atoms with E-state index in [1.807, 2.05) is 29.3 Å². The van der Waals surface area contributed by atoms with Gasteiger partial charge in [-0.3, -0.25) is 4.79 Å². The van der Waals surface area contributed by atoms with Crippen LogP contribution in [-0.2, 0) is 17.9 Å². The largest absolute Gasteiger partial charge is 0.334 e. The summed E-state index contributed by atoms with van der Waals surface area (Å²) in [6, 6.07) is 10.5. The lowest BCUT2D eigenvalue weighted by atomic mass is 10.1. The number of hydrogen-bond donors (Lipinski definition) is 0. The molecular weight excluding hydrogens is 300 g/mol. The van der Waals surface area contributed by atoms with Gasteiger partial charge in [-0.05, 0) is 44.1 Å². The molecule has 5 heteroatoms. The Hall–Kier alpha value is -2.17. The van der Waals surface area contributed by atoms with Gasteiger partial charge in [-0.25, -0.2) is 4.68 Å². The number of hydrogen-bond acceptors (Lipinski definition) is 3. The fraction of sp³-hybridized carbons (Fsp3) is 0.526. The van der Waals surface area contributed by atoms with Crippen LogP contribution >= 0.6 is 0 Å². The van der Waals surface area contributed by atoms with E-state index in [0.29, 0.717) is 18.4 Å². The van der Waals surface area contributed by atoms with E-state index in [1.54, 1.807) is 4.68 Å². The molecule has 2 aliphatic rings. The minimum Gasteiger partial charge on any atom is -0.334 e. The Balaban J connectivity index is 1.47. The van der Waals surface area contributed by atoms with Crippen LogP contribution in [0.3, 0.4) is 0 Å². The highest BCUT2D eigenvalue weighted by atomic mass is 16.2. The zero-order valence-corrected chi connectivity index (χ0v) is 14.1. The molecule has 0 bridgehead atoms. The summed E-state index contributed by atoms with van der Waals surface area (Å²) in [5, 5.41) is 8.35. The molecule has 2 saturated carbocycles. The van der Waals surface area contributed by atoms with E-state index in [0.717, 1.165) is 5.69 Å². The smallest absolute Gasteiger partial charge is 0.244 e. The monoisotopic (exact) mass is 324 g/mol. The van der Waals surface area contributed by atoms with Gasteiger partial charge >= 0.3 is 0 Å². The first-order valence-corrected chi connectivity index (χ1v) is 8.94. The highest BCUT2D eigenvalue weighted by Gasteiger charge is 2.34. The standard InChI is InChI=1S/C19H24N4O/c1-14(16-7-8-16)23(11-15-5-3-2-4-6-15)19(24)13-22-12-18(20-21-22)17-9-10-17/h2-6,12,14,16-17H,7-11,13H2,1H3/t14-/m1/s1. The van der Waals surface area contributed by atoms with Gasteiger partial charge in [0, 0.05) is 24.7 Å². The molecule has 1 heterocycles. The van der Waals surface area contributed by atoms with Gasteiger partial charge in [0.2, 0.25) is 5.91 Å². The predicted molar refractivity (Wildman–Crippen MR) is 91.2 cm³/mol. The molecule has 0 N–H and O–H groups in total. The van der Waals surface area contributed by atoms with E-state index >= 15 is 0 Å². The number of amides is 1.